The molecule has 0 unspecified atom stereocenters. The molecule has 1 aromatic heterocycles. The third-order valence-corrected chi connectivity index (χ3v) is 6.07. The van der Waals surface area contributed by atoms with E-state index in [-0.39, 0.29) is 6.61 Å². The number of aliphatic hydroxyl groups is 1. The quantitative estimate of drug-likeness (QED) is 0.851. The first-order valence-electron chi connectivity index (χ1n) is 5.39. The van der Waals surface area contributed by atoms with Crippen LogP contribution in [-0.2, 0) is 16.6 Å². The highest BCUT2D eigenvalue weighted by atomic mass is 32.2. The number of sulfonamides is 1. The van der Waals surface area contributed by atoms with Gasteiger partial charge in [0, 0.05) is 18.0 Å². The van der Waals surface area contributed by atoms with Gasteiger partial charge in [-0.15, -0.1) is 11.3 Å². The van der Waals surface area contributed by atoms with Gasteiger partial charge in [0.1, 0.15) is 4.21 Å². The number of hydrogen-bond acceptors (Lipinski definition) is 4. The summed E-state index contributed by atoms with van der Waals surface area (Å²) < 4.78 is 26.4. The minimum atomic E-state index is -3.38. The maximum absolute atomic E-state index is 12.3. The van der Waals surface area contributed by atoms with Gasteiger partial charge in [-0.3, -0.25) is 0 Å². The van der Waals surface area contributed by atoms with E-state index in [9.17, 15) is 8.42 Å². The van der Waals surface area contributed by atoms with Crippen LogP contribution in [0.1, 0.15) is 18.2 Å². The molecule has 0 aliphatic carbocycles. The van der Waals surface area contributed by atoms with Crippen molar-refractivity contribution in [3.63, 3.8) is 0 Å². The Bertz CT molecular complexity index is 531. The number of nitrogens with zero attached hydrogens (tertiary/aromatic N) is 1. The minimum absolute atomic E-state index is 0.112. The Morgan fingerprint density at radius 2 is 2.24 bits per heavy atom. The zero-order chi connectivity index (χ0) is 12.5. The maximum Gasteiger partial charge on any atom is 0.252 e. The topological polar surface area (TPSA) is 57.6 Å². The molecule has 0 saturated heterocycles. The Kier molecular flexibility index (Phi) is 3.67. The SMILES string of the molecule is CC1=CCCN(S(=O)(=O)c2ccc(CO)s2)C1. The van der Waals surface area contributed by atoms with E-state index in [1.165, 1.54) is 4.31 Å². The van der Waals surface area contributed by atoms with E-state index in [0.717, 1.165) is 23.3 Å². The number of aliphatic hydroxyl groups excluding tert-OH is 1. The van der Waals surface area contributed by atoms with Gasteiger partial charge in [0.05, 0.1) is 6.61 Å². The van der Waals surface area contributed by atoms with Crippen LogP contribution < -0.4 is 0 Å². The molecule has 0 amide bonds. The molecular weight excluding hydrogens is 258 g/mol. The lowest BCUT2D eigenvalue weighted by atomic mass is 10.2. The molecule has 2 rings (SSSR count). The molecule has 6 heteroatoms. The zero-order valence-corrected chi connectivity index (χ0v) is 11.2. The summed E-state index contributed by atoms with van der Waals surface area (Å²) in [5.74, 6) is 0. The third-order valence-electron chi connectivity index (χ3n) is 2.68. The second-order valence-electron chi connectivity index (χ2n) is 4.06. The normalized spacial score (nSPS) is 18.1. The summed E-state index contributed by atoms with van der Waals surface area (Å²) in [7, 11) is -3.38. The summed E-state index contributed by atoms with van der Waals surface area (Å²) in [5, 5.41) is 8.96. The molecule has 0 atom stereocenters. The predicted molar refractivity (Wildman–Crippen MR) is 67.4 cm³/mol. The lowest BCUT2D eigenvalue weighted by Crippen LogP contribution is -2.34. The second-order valence-corrected chi connectivity index (χ2v) is 7.39. The standard InChI is InChI=1S/C11H15NO3S2/c1-9-3-2-6-12(7-9)17(14,15)11-5-4-10(8-13)16-11/h3-5,13H,2,6-8H2,1H3. The summed E-state index contributed by atoms with van der Waals surface area (Å²) in [5.41, 5.74) is 1.08. The molecule has 0 radical (unpaired) electrons. The van der Waals surface area contributed by atoms with Crippen LogP contribution >= 0.6 is 11.3 Å². The molecule has 1 aromatic rings. The van der Waals surface area contributed by atoms with Crippen LogP contribution in [0.15, 0.2) is 28.0 Å². The molecule has 94 valence electrons. The minimum Gasteiger partial charge on any atom is -0.391 e. The van der Waals surface area contributed by atoms with Gasteiger partial charge in [-0.2, -0.15) is 4.31 Å². The average molecular weight is 273 g/mol. The fourth-order valence-corrected chi connectivity index (χ4v) is 4.66. The molecule has 2 heterocycles. The molecule has 4 nitrogen and oxygen atoms in total. The van der Waals surface area contributed by atoms with E-state index in [2.05, 4.69) is 6.08 Å². The molecule has 0 bridgehead atoms. The van der Waals surface area contributed by atoms with Crippen LogP contribution in [0.2, 0.25) is 0 Å². The van der Waals surface area contributed by atoms with E-state index in [1.807, 2.05) is 6.92 Å². The van der Waals surface area contributed by atoms with Crippen molar-refractivity contribution in [1.82, 2.24) is 4.31 Å². The van der Waals surface area contributed by atoms with Crippen LogP contribution in [0.3, 0.4) is 0 Å². The molecule has 1 N–H and O–H groups in total. The van der Waals surface area contributed by atoms with Crippen LogP contribution in [0, 0.1) is 0 Å². The van der Waals surface area contributed by atoms with Gasteiger partial charge in [-0.25, -0.2) is 8.42 Å². The van der Waals surface area contributed by atoms with Crippen LogP contribution in [0.4, 0.5) is 0 Å². The summed E-state index contributed by atoms with van der Waals surface area (Å²) in [6.45, 7) is 2.83. The predicted octanol–water partition coefficient (Wildman–Crippen LogP) is 1.58. The van der Waals surface area contributed by atoms with Crippen molar-refractivity contribution in [2.45, 2.75) is 24.2 Å². The highest BCUT2D eigenvalue weighted by molar-refractivity contribution is 7.91. The first-order chi connectivity index (χ1) is 8.04. The van der Waals surface area contributed by atoms with E-state index in [4.69, 9.17) is 5.11 Å². The molecule has 0 saturated carbocycles. The average Bonchev–Trinajstić information content (AvgIpc) is 2.78. The Balaban J connectivity index is 2.27. The molecule has 1 aliphatic rings. The fraction of sp³-hybridized carbons (Fsp3) is 0.455. The molecule has 17 heavy (non-hydrogen) atoms. The number of hydrogen-bond donors (Lipinski definition) is 1. The monoisotopic (exact) mass is 273 g/mol. The van der Waals surface area contributed by atoms with Crippen LogP contribution in [-0.4, -0.2) is 30.9 Å². The van der Waals surface area contributed by atoms with E-state index >= 15 is 0 Å². The summed E-state index contributed by atoms with van der Waals surface area (Å²) in [4.78, 5) is 0.674. The Labute approximate surface area is 105 Å². The van der Waals surface area contributed by atoms with Crippen molar-refractivity contribution >= 4 is 21.4 Å². The number of rotatable bonds is 3. The van der Waals surface area contributed by atoms with Gasteiger partial charge < -0.3 is 5.11 Å². The second kappa shape index (κ2) is 4.89. The highest BCUT2D eigenvalue weighted by Crippen LogP contribution is 2.26. The van der Waals surface area contributed by atoms with E-state index in [1.54, 1.807) is 12.1 Å². The first kappa shape index (κ1) is 12.8. The molecule has 0 aromatic carbocycles. The Morgan fingerprint density at radius 3 is 2.82 bits per heavy atom. The van der Waals surface area contributed by atoms with Gasteiger partial charge >= 0.3 is 0 Å². The van der Waals surface area contributed by atoms with Gasteiger partial charge in [0.2, 0.25) is 0 Å². The Hall–Kier alpha value is -0.690. The van der Waals surface area contributed by atoms with Gasteiger partial charge in [-0.1, -0.05) is 11.6 Å². The van der Waals surface area contributed by atoms with Crippen molar-refractivity contribution in [1.29, 1.82) is 0 Å². The zero-order valence-electron chi connectivity index (χ0n) is 9.59. The van der Waals surface area contributed by atoms with E-state index < -0.39 is 10.0 Å². The summed E-state index contributed by atoms with van der Waals surface area (Å²) in [6.07, 6.45) is 2.84. The summed E-state index contributed by atoms with van der Waals surface area (Å²) in [6, 6.07) is 3.23. The largest absolute Gasteiger partial charge is 0.391 e. The molecule has 0 fully saturated rings. The van der Waals surface area contributed by atoms with E-state index in [0.29, 0.717) is 22.2 Å². The van der Waals surface area contributed by atoms with Crippen molar-refractivity contribution < 1.29 is 13.5 Å². The van der Waals surface area contributed by atoms with Gasteiger partial charge in [0.15, 0.2) is 0 Å². The first-order valence-corrected chi connectivity index (χ1v) is 7.65. The van der Waals surface area contributed by atoms with Crippen molar-refractivity contribution in [2.75, 3.05) is 13.1 Å². The maximum atomic E-state index is 12.3. The summed E-state index contributed by atoms with van der Waals surface area (Å²) >= 11 is 1.14. The van der Waals surface area contributed by atoms with Crippen LogP contribution in [0.25, 0.3) is 0 Å². The van der Waals surface area contributed by atoms with Crippen LogP contribution in [0.5, 0.6) is 0 Å². The smallest absolute Gasteiger partial charge is 0.252 e. The fourth-order valence-electron chi connectivity index (χ4n) is 1.79. The number of thiophene rings is 1. The third kappa shape index (κ3) is 2.60. The van der Waals surface area contributed by atoms with Gasteiger partial charge in [-0.05, 0) is 25.5 Å². The van der Waals surface area contributed by atoms with Crippen molar-refractivity contribution in [3.8, 4) is 0 Å². The Morgan fingerprint density at radius 1 is 1.47 bits per heavy atom. The molecular formula is C11H15NO3S2. The van der Waals surface area contributed by atoms with Crippen molar-refractivity contribution in [2.24, 2.45) is 0 Å². The molecule has 0 spiro atoms. The van der Waals surface area contributed by atoms with Gasteiger partial charge in [0.25, 0.3) is 10.0 Å². The lowest BCUT2D eigenvalue weighted by Gasteiger charge is -2.24. The molecule has 1 aliphatic heterocycles. The highest BCUT2D eigenvalue weighted by Gasteiger charge is 2.27. The lowest BCUT2D eigenvalue weighted by molar-refractivity contribution is 0.285. The van der Waals surface area contributed by atoms with Crippen molar-refractivity contribution in [3.05, 3.63) is 28.7 Å².